The first-order chi connectivity index (χ1) is 24.0. The molecule has 0 radical (unpaired) electrons. The zero-order valence-corrected chi connectivity index (χ0v) is 32.0. The highest BCUT2D eigenvalue weighted by atomic mass is 16.5. The topological polar surface area (TPSA) is 127 Å². The van der Waals surface area contributed by atoms with Crippen molar-refractivity contribution in [1.82, 2.24) is 25.7 Å². The summed E-state index contributed by atoms with van der Waals surface area (Å²) in [5.74, 6) is 1.05. The lowest BCUT2D eigenvalue weighted by molar-refractivity contribution is -0.596. The van der Waals surface area contributed by atoms with Gasteiger partial charge in [0.15, 0.2) is 17.6 Å². The molecule has 4 rings (SSSR count). The Kier molecular flexibility index (Phi) is 12.5. The lowest BCUT2D eigenvalue weighted by Gasteiger charge is -2.23. The van der Waals surface area contributed by atoms with Crippen LogP contribution in [-0.2, 0) is 12.1 Å². The second-order valence-corrected chi connectivity index (χ2v) is 15.3. The van der Waals surface area contributed by atoms with E-state index in [0.717, 1.165) is 16.5 Å². The molecule has 51 heavy (non-hydrogen) atoms. The van der Waals surface area contributed by atoms with E-state index in [4.69, 9.17) is 9.47 Å². The maximum Gasteiger partial charge on any atom is 0.271 e. The van der Waals surface area contributed by atoms with E-state index in [0.29, 0.717) is 58.9 Å². The van der Waals surface area contributed by atoms with Crippen molar-refractivity contribution in [3.05, 3.63) is 77.4 Å². The molecule has 0 bridgehead atoms. The van der Waals surface area contributed by atoms with Crippen molar-refractivity contribution in [2.24, 2.45) is 17.8 Å². The third-order valence-electron chi connectivity index (χ3n) is 8.61. The molecule has 2 aromatic heterocycles. The molecule has 0 fully saturated rings. The van der Waals surface area contributed by atoms with Crippen LogP contribution in [0.1, 0.15) is 106 Å². The first-order valence-corrected chi connectivity index (χ1v) is 17.8. The van der Waals surface area contributed by atoms with Gasteiger partial charge in [-0.15, -0.1) is 0 Å². The summed E-state index contributed by atoms with van der Waals surface area (Å²) >= 11 is 0. The van der Waals surface area contributed by atoms with Gasteiger partial charge in [-0.3, -0.25) is 19.1 Å². The Morgan fingerprint density at radius 1 is 0.843 bits per heavy atom. The Morgan fingerprint density at radius 2 is 1.51 bits per heavy atom. The Morgan fingerprint density at radius 3 is 2.12 bits per heavy atom. The molecule has 0 aliphatic carbocycles. The van der Waals surface area contributed by atoms with E-state index in [1.165, 1.54) is 0 Å². The van der Waals surface area contributed by atoms with Crippen molar-refractivity contribution < 1.29 is 28.4 Å². The van der Waals surface area contributed by atoms with Crippen LogP contribution in [-0.4, -0.2) is 53.7 Å². The molecule has 3 N–H and O–H groups in total. The van der Waals surface area contributed by atoms with Crippen LogP contribution in [0.2, 0.25) is 0 Å². The Bertz CT molecular complexity index is 1870. The maximum atomic E-state index is 14.0. The van der Waals surface area contributed by atoms with Gasteiger partial charge in [-0.1, -0.05) is 47.6 Å². The normalized spacial score (nSPS) is 12.4. The predicted molar refractivity (Wildman–Crippen MR) is 200 cm³/mol. The molecule has 0 unspecified atom stereocenters. The third kappa shape index (κ3) is 9.65. The molecule has 0 aliphatic heterocycles. The van der Waals surface area contributed by atoms with Gasteiger partial charge in [-0.05, 0) is 74.4 Å². The van der Waals surface area contributed by atoms with Gasteiger partial charge >= 0.3 is 0 Å². The smallest absolute Gasteiger partial charge is 0.271 e. The molecular formula is C40H55N6O5+. The fourth-order valence-electron chi connectivity index (χ4n) is 5.39. The fraction of sp³-hybridized carbons (Fsp3) is 0.475. The van der Waals surface area contributed by atoms with Gasteiger partial charge in [0.2, 0.25) is 11.9 Å². The number of rotatable bonds is 14. The zero-order chi connectivity index (χ0) is 37.6. The summed E-state index contributed by atoms with van der Waals surface area (Å²) in [5.41, 5.74) is 2.30. The SMILES string of the molecule is COc1c[n+](-c2ccc3c(C(=O)N[C@H](C)C(C)C)c(OCc4cc(C(=O)NCC(C)C)nn4C(C)(C)C)ccc3c2)ccc1C(=O)NCC(C)C. The van der Waals surface area contributed by atoms with Gasteiger partial charge < -0.3 is 25.4 Å². The van der Waals surface area contributed by atoms with Crippen LogP contribution in [0.15, 0.2) is 54.9 Å². The lowest BCUT2D eigenvalue weighted by atomic mass is 10.0. The molecule has 0 spiro atoms. The van der Waals surface area contributed by atoms with Gasteiger partial charge in [0.25, 0.3) is 17.7 Å². The first kappa shape index (κ1) is 38.9. The molecule has 1 atom stereocenters. The number of hydrogen-bond donors (Lipinski definition) is 3. The van der Waals surface area contributed by atoms with E-state index < -0.39 is 5.54 Å². The van der Waals surface area contributed by atoms with E-state index in [2.05, 4.69) is 34.9 Å². The molecule has 0 saturated carbocycles. The van der Waals surface area contributed by atoms with Gasteiger partial charge in [-0.25, -0.2) is 0 Å². The summed E-state index contributed by atoms with van der Waals surface area (Å²) in [5, 5.41) is 15.2. The van der Waals surface area contributed by atoms with Crippen molar-refractivity contribution >= 4 is 28.5 Å². The molecule has 11 nitrogen and oxygen atoms in total. The Hall–Kier alpha value is -4.93. The predicted octanol–water partition coefficient (Wildman–Crippen LogP) is 6.20. The van der Waals surface area contributed by atoms with E-state index in [1.807, 2.05) is 96.5 Å². The summed E-state index contributed by atoms with van der Waals surface area (Å²) in [6.07, 6.45) is 3.59. The van der Waals surface area contributed by atoms with Crippen molar-refractivity contribution in [3.8, 4) is 17.2 Å². The highest BCUT2D eigenvalue weighted by molar-refractivity contribution is 6.10. The largest absolute Gasteiger partial charge is 0.490 e. The average molecular weight is 700 g/mol. The molecule has 3 amide bonds. The molecule has 274 valence electrons. The van der Waals surface area contributed by atoms with Crippen molar-refractivity contribution in [3.63, 3.8) is 0 Å². The molecular weight excluding hydrogens is 644 g/mol. The molecule has 4 aromatic rings. The van der Waals surface area contributed by atoms with Crippen molar-refractivity contribution in [1.29, 1.82) is 0 Å². The monoisotopic (exact) mass is 699 g/mol. The number of methoxy groups -OCH3 is 1. The lowest BCUT2D eigenvalue weighted by Crippen LogP contribution is -2.36. The number of carbonyl (C=O) groups excluding carboxylic acids is 3. The number of benzene rings is 2. The number of nitrogens with one attached hydrogen (secondary N) is 3. The average Bonchev–Trinajstić information content (AvgIpc) is 3.53. The van der Waals surface area contributed by atoms with Gasteiger partial charge in [0, 0.05) is 37.3 Å². The number of amides is 3. The van der Waals surface area contributed by atoms with Crippen LogP contribution < -0.4 is 30.0 Å². The second-order valence-electron chi connectivity index (χ2n) is 15.3. The van der Waals surface area contributed by atoms with Crippen molar-refractivity contribution in [2.45, 2.75) is 87.4 Å². The van der Waals surface area contributed by atoms with Crippen LogP contribution in [0.25, 0.3) is 16.5 Å². The fourth-order valence-corrected chi connectivity index (χ4v) is 5.39. The highest BCUT2D eigenvalue weighted by Gasteiger charge is 2.26. The molecule has 2 heterocycles. The standard InChI is InChI=1S/C40H54N6O5/c1-24(2)20-41-37(47)32-16-17-45(22-35(32)50-11)29-13-14-31-28(18-29)12-15-34(36(31)39(49)43-27(7)26(5)6)51-23-30-19-33(38(48)42-21-25(3)4)44-46(30)40(8,9)10/h12-19,22,24-27H,20-21,23H2,1-11H3,(H2-,41,42,43,47,48,49)/p+1/t27-/m1/s1. The number of carbonyl (C=O) groups is 3. The van der Waals surface area contributed by atoms with E-state index >= 15 is 0 Å². The zero-order valence-electron chi connectivity index (χ0n) is 32.0. The minimum atomic E-state index is -0.418. The number of nitrogens with zero attached hydrogens (tertiary/aromatic N) is 3. The van der Waals surface area contributed by atoms with E-state index in [-0.39, 0.29) is 36.3 Å². The summed E-state index contributed by atoms with van der Waals surface area (Å²) in [6, 6.07) is 13.0. The number of ether oxygens (including phenoxy) is 2. The third-order valence-corrected chi connectivity index (χ3v) is 8.61. The second kappa shape index (κ2) is 16.4. The number of hydrogen-bond acceptors (Lipinski definition) is 6. The van der Waals surface area contributed by atoms with Crippen LogP contribution in [0.3, 0.4) is 0 Å². The number of aromatic nitrogens is 3. The Balaban J connectivity index is 1.72. The van der Waals surface area contributed by atoms with Crippen LogP contribution in [0.4, 0.5) is 0 Å². The highest BCUT2D eigenvalue weighted by Crippen LogP contribution is 2.31. The van der Waals surface area contributed by atoms with Crippen LogP contribution >= 0.6 is 0 Å². The molecule has 0 saturated heterocycles. The van der Waals surface area contributed by atoms with Crippen molar-refractivity contribution in [2.75, 3.05) is 20.2 Å². The summed E-state index contributed by atoms with van der Waals surface area (Å²) in [4.78, 5) is 39.7. The van der Waals surface area contributed by atoms with Gasteiger partial charge in [0.05, 0.1) is 29.5 Å². The van der Waals surface area contributed by atoms with Crippen LogP contribution in [0, 0.1) is 17.8 Å². The Labute approximate surface area is 302 Å². The summed E-state index contributed by atoms with van der Waals surface area (Å²) in [6.45, 7) is 21.5. The number of pyridine rings is 1. The number of fused-ring (bicyclic) bond motifs is 1. The molecule has 2 aromatic carbocycles. The maximum absolute atomic E-state index is 14.0. The molecule has 11 heteroatoms. The quantitative estimate of drug-likeness (QED) is 0.135. The minimum absolute atomic E-state index is 0.0756. The summed E-state index contributed by atoms with van der Waals surface area (Å²) in [7, 11) is 1.54. The first-order valence-electron chi connectivity index (χ1n) is 17.8. The van der Waals surface area contributed by atoms with E-state index in [1.54, 1.807) is 30.1 Å². The summed E-state index contributed by atoms with van der Waals surface area (Å²) < 4.78 is 15.7. The molecule has 0 aliphatic rings. The minimum Gasteiger partial charge on any atom is -0.490 e. The van der Waals surface area contributed by atoms with Gasteiger partial charge in [0.1, 0.15) is 12.4 Å². The van der Waals surface area contributed by atoms with Gasteiger partial charge in [-0.2, -0.15) is 9.67 Å². The van der Waals surface area contributed by atoms with E-state index in [9.17, 15) is 14.4 Å². The van der Waals surface area contributed by atoms with Crippen LogP contribution in [0.5, 0.6) is 11.5 Å².